The van der Waals surface area contributed by atoms with Crippen molar-refractivity contribution in [1.82, 2.24) is 0 Å². The average Bonchev–Trinajstić information content (AvgIpc) is 2.39. The summed E-state index contributed by atoms with van der Waals surface area (Å²) in [5, 5.41) is 8.59. The van der Waals surface area contributed by atoms with Gasteiger partial charge in [0.15, 0.2) is 0 Å². The van der Waals surface area contributed by atoms with Crippen molar-refractivity contribution < 1.29 is 0 Å². The van der Waals surface area contributed by atoms with Crippen LogP contribution < -0.4 is 0 Å². The lowest BCUT2D eigenvalue weighted by atomic mass is 9.80. The Balaban J connectivity index is 2.12. The third-order valence-electron chi connectivity index (χ3n) is 3.99. The summed E-state index contributed by atoms with van der Waals surface area (Å²) in [5.41, 5.74) is 4.13. The van der Waals surface area contributed by atoms with Gasteiger partial charge >= 0.3 is 0 Å². The summed E-state index contributed by atoms with van der Waals surface area (Å²) in [6.45, 7) is 6.76. The number of hydrogen-bond donors (Lipinski definition) is 0. The fourth-order valence-corrected chi connectivity index (χ4v) is 2.73. The highest BCUT2D eigenvalue weighted by Crippen LogP contribution is 2.33. The lowest BCUT2D eigenvalue weighted by molar-refractivity contribution is 0.557. The molecule has 0 bridgehead atoms. The molecule has 1 aliphatic rings. The van der Waals surface area contributed by atoms with Gasteiger partial charge in [0, 0.05) is 5.71 Å². The quantitative estimate of drug-likeness (QED) is 0.676. The van der Waals surface area contributed by atoms with Gasteiger partial charge in [-0.1, -0.05) is 45.0 Å². The Bertz CT molecular complexity index is 505. The van der Waals surface area contributed by atoms with E-state index in [4.69, 9.17) is 5.26 Å². The minimum Gasteiger partial charge on any atom is -0.183 e. The maximum absolute atomic E-state index is 8.59. The van der Waals surface area contributed by atoms with Crippen LogP contribution in [-0.2, 0) is 5.41 Å². The zero-order valence-corrected chi connectivity index (χ0v) is 12.1. The third kappa shape index (κ3) is 3.44. The lowest BCUT2D eigenvalue weighted by Gasteiger charge is -2.25. The van der Waals surface area contributed by atoms with Gasteiger partial charge in [0.25, 0.3) is 0 Å². The molecular formula is C17H22N2. The van der Waals surface area contributed by atoms with Crippen molar-refractivity contribution in [3.8, 4) is 6.19 Å². The summed E-state index contributed by atoms with van der Waals surface area (Å²) < 4.78 is 0. The Labute approximate surface area is 116 Å². The van der Waals surface area contributed by atoms with Crippen molar-refractivity contribution in [2.75, 3.05) is 0 Å². The Morgan fingerprint density at radius 2 is 1.89 bits per heavy atom. The first kappa shape index (κ1) is 13.8. The zero-order chi connectivity index (χ0) is 13.9. The smallest absolute Gasteiger partial charge is 0.183 e. The number of benzene rings is 1. The van der Waals surface area contributed by atoms with Crippen LogP contribution in [0.25, 0.3) is 0 Å². The molecule has 1 aliphatic carbocycles. The summed E-state index contributed by atoms with van der Waals surface area (Å²) in [5.74, 6) is 0.625. The zero-order valence-electron chi connectivity index (χ0n) is 12.1. The van der Waals surface area contributed by atoms with Gasteiger partial charge in [0.2, 0.25) is 6.19 Å². The molecule has 19 heavy (non-hydrogen) atoms. The second-order valence-corrected chi connectivity index (χ2v) is 6.43. The van der Waals surface area contributed by atoms with Crippen LogP contribution in [0.2, 0.25) is 0 Å². The molecule has 0 unspecified atom stereocenters. The van der Waals surface area contributed by atoms with Crippen LogP contribution in [0.4, 0.5) is 0 Å². The predicted octanol–water partition coefficient (Wildman–Crippen LogP) is 4.56. The average molecular weight is 254 g/mol. The molecule has 0 heterocycles. The Morgan fingerprint density at radius 1 is 1.21 bits per heavy atom. The van der Waals surface area contributed by atoms with E-state index in [-0.39, 0.29) is 5.41 Å². The maximum atomic E-state index is 8.59. The fraction of sp³-hybridized carbons (Fsp3) is 0.529. The van der Waals surface area contributed by atoms with E-state index in [1.165, 1.54) is 11.1 Å². The van der Waals surface area contributed by atoms with Crippen LogP contribution in [0.1, 0.15) is 63.5 Å². The molecule has 0 aliphatic heterocycles. The molecule has 2 nitrogen and oxygen atoms in total. The maximum Gasteiger partial charge on any atom is 0.205 e. The number of hydrogen-bond acceptors (Lipinski definition) is 2. The van der Waals surface area contributed by atoms with Gasteiger partial charge in [-0.2, -0.15) is 10.3 Å². The molecular weight excluding hydrogens is 232 g/mol. The van der Waals surface area contributed by atoms with Crippen LogP contribution >= 0.6 is 0 Å². The van der Waals surface area contributed by atoms with E-state index < -0.39 is 0 Å². The molecule has 1 fully saturated rings. The Morgan fingerprint density at radius 3 is 2.47 bits per heavy atom. The van der Waals surface area contributed by atoms with Crippen molar-refractivity contribution in [2.45, 2.75) is 57.8 Å². The summed E-state index contributed by atoms with van der Waals surface area (Å²) in [4.78, 5) is 3.89. The largest absolute Gasteiger partial charge is 0.205 e. The molecule has 0 saturated heterocycles. The van der Waals surface area contributed by atoms with Crippen molar-refractivity contribution >= 4 is 5.71 Å². The number of nitrogens with zero attached hydrogens (tertiary/aromatic N) is 2. The third-order valence-corrected chi connectivity index (χ3v) is 3.99. The first-order chi connectivity index (χ1) is 9.00. The van der Waals surface area contributed by atoms with Gasteiger partial charge in [-0.05, 0) is 48.1 Å². The molecule has 2 rings (SSSR count). The van der Waals surface area contributed by atoms with Crippen molar-refractivity contribution in [1.29, 1.82) is 5.26 Å². The van der Waals surface area contributed by atoms with Gasteiger partial charge in [0.1, 0.15) is 0 Å². The summed E-state index contributed by atoms with van der Waals surface area (Å²) in [6.07, 6.45) is 6.09. The molecule has 1 aromatic rings. The highest BCUT2D eigenvalue weighted by molar-refractivity contribution is 5.86. The second-order valence-electron chi connectivity index (χ2n) is 6.43. The van der Waals surface area contributed by atoms with Gasteiger partial charge in [0.05, 0.1) is 0 Å². The van der Waals surface area contributed by atoms with Crippen LogP contribution in [0.5, 0.6) is 0 Å². The number of rotatable bonds is 1. The van der Waals surface area contributed by atoms with E-state index in [1.807, 2.05) is 6.19 Å². The van der Waals surface area contributed by atoms with E-state index in [1.54, 1.807) is 0 Å². The summed E-state index contributed by atoms with van der Waals surface area (Å²) in [6, 6.07) is 8.99. The van der Waals surface area contributed by atoms with Gasteiger partial charge < -0.3 is 0 Å². The first-order valence-electron chi connectivity index (χ1n) is 7.05. The minimum absolute atomic E-state index is 0.206. The van der Waals surface area contributed by atoms with E-state index >= 15 is 0 Å². The van der Waals surface area contributed by atoms with Crippen LogP contribution in [0.15, 0.2) is 29.3 Å². The van der Waals surface area contributed by atoms with Crippen LogP contribution in [0, 0.1) is 11.5 Å². The van der Waals surface area contributed by atoms with E-state index in [2.05, 4.69) is 50.0 Å². The van der Waals surface area contributed by atoms with E-state index in [0.717, 1.165) is 31.4 Å². The second kappa shape index (κ2) is 5.57. The number of nitriles is 1. The van der Waals surface area contributed by atoms with Gasteiger partial charge in [-0.15, -0.1) is 0 Å². The Kier molecular flexibility index (Phi) is 4.04. The van der Waals surface area contributed by atoms with Crippen LogP contribution in [0.3, 0.4) is 0 Å². The summed E-state index contributed by atoms with van der Waals surface area (Å²) in [7, 11) is 0. The SMILES string of the molecule is CC(C)(C)c1cccc(C2CCC(=NC#N)CC2)c1. The predicted molar refractivity (Wildman–Crippen MR) is 79.4 cm³/mol. The highest BCUT2D eigenvalue weighted by atomic mass is 14.7. The first-order valence-corrected chi connectivity index (χ1v) is 7.05. The minimum atomic E-state index is 0.206. The molecule has 0 aromatic heterocycles. The van der Waals surface area contributed by atoms with Gasteiger partial charge in [-0.3, -0.25) is 0 Å². The topological polar surface area (TPSA) is 36.1 Å². The van der Waals surface area contributed by atoms with E-state index in [9.17, 15) is 0 Å². The van der Waals surface area contributed by atoms with Gasteiger partial charge in [-0.25, -0.2) is 0 Å². The lowest BCUT2D eigenvalue weighted by Crippen LogP contribution is -2.15. The molecule has 0 spiro atoms. The highest BCUT2D eigenvalue weighted by Gasteiger charge is 2.21. The molecule has 2 heteroatoms. The molecule has 0 atom stereocenters. The molecule has 0 radical (unpaired) electrons. The molecule has 1 aromatic carbocycles. The number of aliphatic imine (C=N–C) groups is 1. The van der Waals surface area contributed by atoms with Crippen molar-refractivity contribution in [2.24, 2.45) is 4.99 Å². The standard InChI is InChI=1S/C17H22N2/c1-17(2,3)15-6-4-5-14(11-15)13-7-9-16(10-8-13)19-12-18/h4-6,11,13H,7-10H2,1-3H3. The normalized spacial score (nSPS) is 19.9. The molecule has 100 valence electrons. The van der Waals surface area contributed by atoms with E-state index in [0.29, 0.717) is 5.92 Å². The van der Waals surface area contributed by atoms with Crippen molar-refractivity contribution in [3.63, 3.8) is 0 Å². The molecule has 1 saturated carbocycles. The summed E-state index contributed by atoms with van der Waals surface area (Å²) >= 11 is 0. The van der Waals surface area contributed by atoms with Crippen LogP contribution in [-0.4, -0.2) is 5.71 Å². The Hall–Kier alpha value is -1.62. The molecule has 0 amide bonds. The van der Waals surface area contributed by atoms with Crippen molar-refractivity contribution in [3.05, 3.63) is 35.4 Å². The fourth-order valence-electron chi connectivity index (χ4n) is 2.73. The molecule has 0 N–H and O–H groups in total. The monoisotopic (exact) mass is 254 g/mol.